The highest BCUT2D eigenvalue weighted by Crippen LogP contribution is 2.10. The molecule has 0 aromatic carbocycles. The average molecular weight is 217 g/mol. The van der Waals surface area contributed by atoms with E-state index >= 15 is 0 Å². The molecule has 4 heteroatoms. The maximum Gasteiger partial charge on any atom is 0.144 e. The lowest BCUT2D eigenvalue weighted by Crippen LogP contribution is -2.26. The van der Waals surface area contributed by atoms with E-state index in [0.29, 0.717) is 5.69 Å². The Bertz CT molecular complexity index is 378. The number of pyridine rings is 1. The van der Waals surface area contributed by atoms with Crippen LogP contribution in [0.4, 0.5) is 0 Å². The van der Waals surface area contributed by atoms with Gasteiger partial charge in [-0.15, -0.1) is 0 Å². The molecule has 0 aliphatic carbocycles. The van der Waals surface area contributed by atoms with Gasteiger partial charge in [-0.1, -0.05) is 6.07 Å². The minimum Gasteiger partial charge on any atom is -0.380 e. The standard InChI is InChI=1S/C12H15N3O/c13-9-12-11(3-1-4-14-12)10-15-5-2-7-16-8-6-15/h1,3-4H,2,5-8,10H2. The third-order valence-corrected chi connectivity index (χ3v) is 2.71. The number of nitrogens with zero attached hydrogens (tertiary/aromatic N) is 3. The summed E-state index contributed by atoms with van der Waals surface area (Å²) in [6, 6.07) is 5.98. The number of nitriles is 1. The molecule has 16 heavy (non-hydrogen) atoms. The maximum absolute atomic E-state index is 8.95. The summed E-state index contributed by atoms with van der Waals surface area (Å²) in [6.45, 7) is 4.37. The zero-order chi connectivity index (χ0) is 11.2. The minimum absolute atomic E-state index is 0.535. The summed E-state index contributed by atoms with van der Waals surface area (Å²) in [6.07, 6.45) is 2.72. The summed E-state index contributed by atoms with van der Waals surface area (Å²) < 4.78 is 5.40. The van der Waals surface area contributed by atoms with E-state index in [1.54, 1.807) is 6.20 Å². The molecular weight excluding hydrogens is 202 g/mol. The normalized spacial score (nSPS) is 17.7. The van der Waals surface area contributed by atoms with E-state index in [9.17, 15) is 0 Å². The number of aromatic nitrogens is 1. The van der Waals surface area contributed by atoms with Crippen molar-refractivity contribution >= 4 is 0 Å². The number of ether oxygens (including phenoxy) is 1. The van der Waals surface area contributed by atoms with Gasteiger partial charge in [-0.25, -0.2) is 4.98 Å². The van der Waals surface area contributed by atoms with Crippen LogP contribution in [0.15, 0.2) is 18.3 Å². The van der Waals surface area contributed by atoms with Gasteiger partial charge in [-0.2, -0.15) is 5.26 Å². The van der Waals surface area contributed by atoms with Crippen LogP contribution in [0.1, 0.15) is 17.7 Å². The smallest absolute Gasteiger partial charge is 0.144 e. The van der Waals surface area contributed by atoms with Crippen LogP contribution in [0, 0.1) is 11.3 Å². The van der Waals surface area contributed by atoms with Crippen LogP contribution in [0.25, 0.3) is 0 Å². The zero-order valence-corrected chi connectivity index (χ0v) is 9.22. The first-order chi connectivity index (χ1) is 7.90. The van der Waals surface area contributed by atoms with Crippen molar-refractivity contribution in [2.24, 2.45) is 0 Å². The second-order valence-electron chi connectivity index (χ2n) is 3.87. The molecule has 2 heterocycles. The van der Waals surface area contributed by atoms with Crippen LogP contribution in [0.2, 0.25) is 0 Å². The Morgan fingerprint density at radius 3 is 3.25 bits per heavy atom. The lowest BCUT2D eigenvalue weighted by molar-refractivity contribution is 0.140. The van der Waals surface area contributed by atoms with Gasteiger partial charge in [0.1, 0.15) is 11.8 Å². The van der Waals surface area contributed by atoms with Gasteiger partial charge in [-0.05, 0) is 12.5 Å². The predicted octanol–water partition coefficient (Wildman–Crippen LogP) is 1.18. The second-order valence-corrected chi connectivity index (χ2v) is 3.87. The molecule has 2 rings (SSSR count). The van der Waals surface area contributed by atoms with Gasteiger partial charge in [0.15, 0.2) is 0 Å². The molecule has 0 saturated carbocycles. The average Bonchev–Trinajstić information content (AvgIpc) is 2.58. The maximum atomic E-state index is 8.95. The third-order valence-electron chi connectivity index (χ3n) is 2.71. The summed E-state index contributed by atoms with van der Waals surface area (Å²) in [5, 5.41) is 8.95. The van der Waals surface area contributed by atoms with Crippen LogP contribution in [0.3, 0.4) is 0 Å². The topological polar surface area (TPSA) is 49.2 Å². The Labute approximate surface area is 95.5 Å². The van der Waals surface area contributed by atoms with Crippen LogP contribution < -0.4 is 0 Å². The highest BCUT2D eigenvalue weighted by Gasteiger charge is 2.11. The molecule has 1 aromatic heterocycles. The first-order valence-electron chi connectivity index (χ1n) is 5.54. The molecule has 1 aliphatic heterocycles. The van der Waals surface area contributed by atoms with Crippen LogP contribution >= 0.6 is 0 Å². The van der Waals surface area contributed by atoms with Gasteiger partial charge in [0.25, 0.3) is 0 Å². The Balaban J connectivity index is 2.05. The molecule has 0 atom stereocenters. The van der Waals surface area contributed by atoms with Crippen LogP contribution in [-0.4, -0.2) is 36.2 Å². The van der Waals surface area contributed by atoms with Gasteiger partial charge in [0.05, 0.1) is 6.61 Å². The van der Waals surface area contributed by atoms with E-state index in [0.717, 1.165) is 44.8 Å². The SMILES string of the molecule is N#Cc1ncccc1CN1CCCOCC1. The van der Waals surface area contributed by atoms with E-state index in [1.165, 1.54) is 0 Å². The molecule has 0 spiro atoms. The Kier molecular flexibility index (Phi) is 3.86. The first kappa shape index (κ1) is 11.1. The molecule has 0 bridgehead atoms. The predicted molar refractivity (Wildman–Crippen MR) is 59.7 cm³/mol. The van der Waals surface area contributed by atoms with Crippen molar-refractivity contribution in [1.82, 2.24) is 9.88 Å². The number of hydrogen-bond acceptors (Lipinski definition) is 4. The van der Waals surface area contributed by atoms with Crippen molar-refractivity contribution < 1.29 is 4.74 Å². The van der Waals surface area contributed by atoms with Crippen LogP contribution in [0.5, 0.6) is 0 Å². The monoisotopic (exact) mass is 217 g/mol. The molecule has 0 N–H and O–H groups in total. The van der Waals surface area contributed by atoms with Gasteiger partial charge in [0.2, 0.25) is 0 Å². The molecule has 0 unspecified atom stereocenters. The summed E-state index contributed by atoms with van der Waals surface area (Å²) in [7, 11) is 0. The van der Waals surface area contributed by atoms with E-state index in [2.05, 4.69) is 16.0 Å². The molecule has 1 aliphatic rings. The fraction of sp³-hybridized carbons (Fsp3) is 0.500. The molecule has 4 nitrogen and oxygen atoms in total. The van der Waals surface area contributed by atoms with Crippen molar-refractivity contribution in [3.05, 3.63) is 29.6 Å². The molecule has 0 amide bonds. The summed E-state index contributed by atoms with van der Waals surface area (Å²) >= 11 is 0. The minimum atomic E-state index is 0.535. The molecule has 1 aromatic rings. The Hall–Kier alpha value is -1.44. The summed E-state index contributed by atoms with van der Waals surface area (Å²) in [5.74, 6) is 0. The van der Waals surface area contributed by atoms with Crippen molar-refractivity contribution in [1.29, 1.82) is 5.26 Å². The molecule has 1 saturated heterocycles. The lowest BCUT2D eigenvalue weighted by atomic mass is 10.2. The zero-order valence-electron chi connectivity index (χ0n) is 9.22. The van der Waals surface area contributed by atoms with Gasteiger partial charge in [0, 0.05) is 38.0 Å². The molecular formula is C12H15N3O. The van der Waals surface area contributed by atoms with E-state index in [1.807, 2.05) is 12.1 Å². The fourth-order valence-corrected chi connectivity index (χ4v) is 1.86. The molecule has 1 fully saturated rings. The van der Waals surface area contributed by atoms with Crippen LogP contribution in [-0.2, 0) is 11.3 Å². The van der Waals surface area contributed by atoms with Crippen molar-refractivity contribution in [2.75, 3.05) is 26.3 Å². The van der Waals surface area contributed by atoms with Crippen molar-refractivity contribution in [3.8, 4) is 6.07 Å². The highest BCUT2D eigenvalue weighted by molar-refractivity contribution is 5.30. The Morgan fingerprint density at radius 1 is 1.44 bits per heavy atom. The van der Waals surface area contributed by atoms with Crippen molar-refractivity contribution in [2.45, 2.75) is 13.0 Å². The highest BCUT2D eigenvalue weighted by atomic mass is 16.5. The van der Waals surface area contributed by atoms with Gasteiger partial charge < -0.3 is 4.74 Å². The van der Waals surface area contributed by atoms with E-state index in [-0.39, 0.29) is 0 Å². The van der Waals surface area contributed by atoms with E-state index < -0.39 is 0 Å². The summed E-state index contributed by atoms with van der Waals surface area (Å²) in [5.41, 5.74) is 1.54. The van der Waals surface area contributed by atoms with Gasteiger partial charge in [-0.3, -0.25) is 4.90 Å². The Morgan fingerprint density at radius 2 is 2.38 bits per heavy atom. The quantitative estimate of drug-likeness (QED) is 0.746. The molecule has 84 valence electrons. The number of rotatable bonds is 2. The lowest BCUT2D eigenvalue weighted by Gasteiger charge is -2.19. The largest absolute Gasteiger partial charge is 0.380 e. The summed E-state index contributed by atoms with van der Waals surface area (Å²) in [4.78, 5) is 6.38. The van der Waals surface area contributed by atoms with Gasteiger partial charge >= 0.3 is 0 Å². The fourth-order valence-electron chi connectivity index (χ4n) is 1.86. The number of hydrogen-bond donors (Lipinski definition) is 0. The second kappa shape index (κ2) is 5.59. The van der Waals surface area contributed by atoms with Crippen molar-refractivity contribution in [3.63, 3.8) is 0 Å². The third kappa shape index (κ3) is 2.78. The molecule has 0 radical (unpaired) electrons. The van der Waals surface area contributed by atoms with E-state index in [4.69, 9.17) is 10.00 Å². The first-order valence-corrected chi connectivity index (χ1v) is 5.54.